The van der Waals surface area contributed by atoms with Crippen LogP contribution in [0.5, 0.6) is 5.75 Å². The molecule has 2 aliphatic rings. The number of rotatable bonds is 9. The first-order valence-corrected chi connectivity index (χ1v) is 14.8. The number of ether oxygens (including phenoxy) is 2. The maximum absolute atomic E-state index is 13.6. The third kappa shape index (κ3) is 7.46. The number of anilines is 3. The molecule has 0 bridgehead atoms. The Labute approximate surface area is 256 Å². The summed E-state index contributed by atoms with van der Waals surface area (Å²) in [6.45, 7) is 7.36. The van der Waals surface area contributed by atoms with Crippen LogP contribution >= 0.6 is 23.2 Å². The van der Waals surface area contributed by atoms with Gasteiger partial charge in [0.25, 0.3) is 11.8 Å². The Morgan fingerprint density at radius 1 is 0.833 bits per heavy atom. The van der Waals surface area contributed by atoms with E-state index in [1.165, 1.54) is 0 Å². The first kappa shape index (κ1) is 30.0. The molecule has 3 aromatic rings. The van der Waals surface area contributed by atoms with E-state index in [0.717, 1.165) is 62.9 Å². The highest BCUT2D eigenvalue weighted by Gasteiger charge is 2.24. The zero-order valence-corrected chi connectivity index (χ0v) is 25.1. The zero-order chi connectivity index (χ0) is 29.5. The van der Waals surface area contributed by atoms with Gasteiger partial charge < -0.3 is 29.9 Å². The first-order chi connectivity index (χ1) is 20.4. The first-order valence-electron chi connectivity index (χ1n) is 14.0. The van der Waals surface area contributed by atoms with Crippen LogP contribution in [-0.4, -0.2) is 89.4 Å². The summed E-state index contributed by atoms with van der Waals surface area (Å²) in [5.74, 6) is 0.288. The van der Waals surface area contributed by atoms with Crippen molar-refractivity contribution in [2.75, 3.05) is 87.8 Å². The summed E-state index contributed by atoms with van der Waals surface area (Å²) in [5.41, 5.74) is 3.22. The third-order valence-electron chi connectivity index (χ3n) is 7.49. The van der Waals surface area contributed by atoms with Gasteiger partial charge in [-0.3, -0.25) is 14.5 Å². The number of carbonyl (C=O) groups excluding carboxylic acids is 2. The number of amides is 2. The Bertz CT molecular complexity index is 1390. The van der Waals surface area contributed by atoms with Crippen LogP contribution in [0.2, 0.25) is 10.0 Å². The number of hydrogen-bond acceptors (Lipinski definition) is 7. The molecule has 2 N–H and O–H groups in total. The van der Waals surface area contributed by atoms with Gasteiger partial charge in [0.1, 0.15) is 5.75 Å². The van der Waals surface area contributed by atoms with Crippen molar-refractivity contribution in [2.45, 2.75) is 0 Å². The van der Waals surface area contributed by atoms with E-state index in [9.17, 15) is 9.59 Å². The molecule has 0 spiro atoms. The minimum Gasteiger partial charge on any atom is -0.495 e. The molecule has 0 atom stereocenters. The zero-order valence-electron chi connectivity index (χ0n) is 23.6. The molecule has 9 nitrogen and oxygen atoms in total. The van der Waals surface area contributed by atoms with Gasteiger partial charge in [0.15, 0.2) is 0 Å². The second-order valence-electron chi connectivity index (χ2n) is 10.2. The van der Waals surface area contributed by atoms with Gasteiger partial charge in [-0.1, -0.05) is 35.3 Å². The third-order valence-corrected chi connectivity index (χ3v) is 7.92. The number of morpholine rings is 1. The van der Waals surface area contributed by atoms with Gasteiger partial charge in [-0.15, -0.1) is 0 Å². The SMILES string of the molecule is COc1ccccc1N1CCN(c2ccc(NC(=O)c3cc(Cl)cc(Cl)c3)cc2C(=O)NCCN2CCOCC2)CC1. The van der Waals surface area contributed by atoms with Crippen molar-refractivity contribution in [3.05, 3.63) is 81.8 Å². The molecular formula is C31H35Cl2N5O4. The van der Waals surface area contributed by atoms with Gasteiger partial charge in [0.05, 0.1) is 31.6 Å². The van der Waals surface area contributed by atoms with E-state index in [-0.39, 0.29) is 11.8 Å². The number of nitrogens with zero attached hydrogens (tertiary/aromatic N) is 3. The smallest absolute Gasteiger partial charge is 0.255 e. The van der Waals surface area contributed by atoms with Gasteiger partial charge in [0.2, 0.25) is 0 Å². The van der Waals surface area contributed by atoms with Crippen molar-refractivity contribution in [3.8, 4) is 5.75 Å². The molecule has 0 saturated carbocycles. The van der Waals surface area contributed by atoms with E-state index >= 15 is 0 Å². The summed E-state index contributed by atoms with van der Waals surface area (Å²) >= 11 is 12.2. The fourth-order valence-electron chi connectivity index (χ4n) is 5.29. The van der Waals surface area contributed by atoms with Crippen LogP contribution in [0.15, 0.2) is 60.7 Å². The summed E-state index contributed by atoms with van der Waals surface area (Å²) < 4.78 is 11.0. The van der Waals surface area contributed by atoms with Crippen LogP contribution in [0.1, 0.15) is 20.7 Å². The van der Waals surface area contributed by atoms with Gasteiger partial charge in [-0.2, -0.15) is 0 Å². The minimum absolute atomic E-state index is 0.188. The summed E-state index contributed by atoms with van der Waals surface area (Å²) in [5, 5.41) is 6.71. The maximum Gasteiger partial charge on any atom is 0.255 e. The molecule has 0 aliphatic carbocycles. The standard InChI is InChI=1S/C31H35Cl2N5O4/c1-41-29-5-3-2-4-28(29)38-12-10-37(11-13-38)27-7-6-25(35-30(39)22-18-23(32)20-24(33)19-22)21-26(27)31(40)34-8-9-36-14-16-42-17-15-36/h2-7,18-21H,8-17H2,1H3,(H,34,40)(H,35,39). The Balaban J connectivity index is 1.33. The normalized spacial score (nSPS) is 15.8. The molecule has 0 unspecified atom stereocenters. The van der Waals surface area contributed by atoms with Crippen LogP contribution in [-0.2, 0) is 4.74 Å². The molecule has 42 heavy (non-hydrogen) atoms. The lowest BCUT2D eigenvalue weighted by molar-refractivity contribution is 0.0383. The van der Waals surface area contributed by atoms with Crippen LogP contribution in [0.3, 0.4) is 0 Å². The molecule has 11 heteroatoms. The summed E-state index contributed by atoms with van der Waals surface area (Å²) in [6.07, 6.45) is 0. The Morgan fingerprint density at radius 2 is 1.50 bits per heavy atom. The predicted molar refractivity (Wildman–Crippen MR) is 168 cm³/mol. The van der Waals surface area contributed by atoms with E-state index in [2.05, 4.69) is 31.4 Å². The average Bonchev–Trinajstić information content (AvgIpc) is 3.01. The maximum atomic E-state index is 13.6. The molecule has 0 radical (unpaired) electrons. The number of piperazine rings is 1. The summed E-state index contributed by atoms with van der Waals surface area (Å²) in [6, 6.07) is 18.1. The highest BCUT2D eigenvalue weighted by atomic mass is 35.5. The Morgan fingerprint density at radius 3 is 2.19 bits per heavy atom. The molecule has 222 valence electrons. The molecule has 3 aromatic carbocycles. The van der Waals surface area contributed by atoms with Crippen molar-refractivity contribution in [1.29, 1.82) is 0 Å². The Kier molecular flexibility index (Phi) is 10.1. The lowest BCUT2D eigenvalue weighted by atomic mass is 10.1. The highest BCUT2D eigenvalue weighted by Crippen LogP contribution is 2.31. The number of benzene rings is 3. The molecule has 5 rings (SSSR count). The molecule has 2 aliphatic heterocycles. The van der Waals surface area contributed by atoms with E-state index in [0.29, 0.717) is 46.6 Å². The van der Waals surface area contributed by atoms with E-state index in [1.54, 1.807) is 31.4 Å². The topological polar surface area (TPSA) is 86.4 Å². The minimum atomic E-state index is -0.365. The van der Waals surface area contributed by atoms with Crippen LogP contribution in [0.25, 0.3) is 0 Å². The van der Waals surface area contributed by atoms with Crippen molar-refractivity contribution < 1.29 is 19.1 Å². The second kappa shape index (κ2) is 14.1. The highest BCUT2D eigenvalue weighted by molar-refractivity contribution is 6.35. The van der Waals surface area contributed by atoms with E-state index in [1.807, 2.05) is 30.3 Å². The van der Waals surface area contributed by atoms with Crippen LogP contribution in [0.4, 0.5) is 17.1 Å². The number of hydrogen-bond donors (Lipinski definition) is 2. The number of carbonyl (C=O) groups is 2. The molecule has 2 amide bonds. The summed E-state index contributed by atoms with van der Waals surface area (Å²) in [4.78, 5) is 33.3. The van der Waals surface area contributed by atoms with Crippen molar-refractivity contribution in [2.24, 2.45) is 0 Å². The average molecular weight is 613 g/mol. The molecular weight excluding hydrogens is 577 g/mol. The van der Waals surface area contributed by atoms with Gasteiger partial charge >= 0.3 is 0 Å². The Hall–Kier alpha value is -3.50. The van der Waals surface area contributed by atoms with Gasteiger partial charge in [0, 0.05) is 79.3 Å². The number of halogens is 2. The number of nitrogens with one attached hydrogen (secondary N) is 2. The van der Waals surface area contributed by atoms with Gasteiger partial charge in [-0.05, 0) is 48.5 Å². The molecule has 2 saturated heterocycles. The quantitative estimate of drug-likeness (QED) is 0.364. The lowest BCUT2D eigenvalue weighted by Crippen LogP contribution is -2.47. The molecule has 0 aromatic heterocycles. The van der Waals surface area contributed by atoms with Gasteiger partial charge in [-0.25, -0.2) is 0 Å². The van der Waals surface area contributed by atoms with Crippen LogP contribution < -0.4 is 25.2 Å². The lowest BCUT2D eigenvalue weighted by Gasteiger charge is -2.38. The van der Waals surface area contributed by atoms with E-state index < -0.39 is 0 Å². The second-order valence-corrected chi connectivity index (χ2v) is 11.1. The van der Waals surface area contributed by atoms with Crippen molar-refractivity contribution in [1.82, 2.24) is 10.2 Å². The molecule has 2 heterocycles. The summed E-state index contributed by atoms with van der Waals surface area (Å²) in [7, 11) is 1.68. The van der Waals surface area contributed by atoms with Crippen molar-refractivity contribution >= 4 is 52.1 Å². The fraction of sp³-hybridized carbons (Fsp3) is 0.355. The number of para-hydroxylation sites is 2. The van der Waals surface area contributed by atoms with Crippen molar-refractivity contribution in [3.63, 3.8) is 0 Å². The molecule has 2 fully saturated rings. The van der Waals surface area contributed by atoms with Crippen LogP contribution in [0, 0.1) is 0 Å². The monoisotopic (exact) mass is 611 g/mol. The number of methoxy groups -OCH3 is 1. The largest absolute Gasteiger partial charge is 0.495 e. The van der Waals surface area contributed by atoms with E-state index in [4.69, 9.17) is 32.7 Å². The fourth-order valence-corrected chi connectivity index (χ4v) is 5.81. The predicted octanol–water partition coefficient (Wildman–Crippen LogP) is 4.64.